The molecule has 1 atom stereocenters. The fourth-order valence-corrected chi connectivity index (χ4v) is 4.24. The van der Waals surface area contributed by atoms with Gasteiger partial charge in [0.25, 0.3) is 5.56 Å². The third-order valence-corrected chi connectivity index (χ3v) is 5.80. The lowest BCUT2D eigenvalue weighted by molar-refractivity contribution is -0.908. The van der Waals surface area contributed by atoms with Gasteiger partial charge in [-0.05, 0) is 23.8 Å². The van der Waals surface area contributed by atoms with Crippen LogP contribution in [0, 0.1) is 0 Å². The lowest BCUT2D eigenvalue weighted by Crippen LogP contribution is -3.06. The van der Waals surface area contributed by atoms with E-state index in [9.17, 15) is 4.79 Å². The average molecular weight is 397 g/mol. The molecule has 4 nitrogen and oxygen atoms in total. The lowest BCUT2D eigenvalue weighted by Gasteiger charge is -2.13. The van der Waals surface area contributed by atoms with Crippen LogP contribution in [0.25, 0.3) is 20.7 Å². The quantitative estimate of drug-likeness (QED) is 0.542. The average Bonchev–Trinajstić information content (AvgIpc) is 3.08. The third kappa shape index (κ3) is 4.11. The minimum atomic E-state index is -0.0762. The molecule has 0 aliphatic heterocycles. The van der Waals surface area contributed by atoms with Gasteiger partial charge in [-0.1, -0.05) is 54.1 Å². The van der Waals surface area contributed by atoms with Crippen LogP contribution in [0.2, 0.25) is 5.02 Å². The zero-order valence-corrected chi connectivity index (χ0v) is 16.4. The molecule has 2 heterocycles. The molecule has 0 aliphatic carbocycles. The Bertz CT molecular complexity index is 1120. The molecule has 0 radical (unpaired) electrons. The second-order valence-corrected chi connectivity index (χ2v) is 8.13. The molecule has 27 heavy (non-hydrogen) atoms. The highest BCUT2D eigenvalue weighted by Gasteiger charge is 2.13. The SMILES string of the molecule is C[NH+](Cc1ccccc1)Cc1nc2cc(-c3ccc(Cl)cc3)sc2c(=O)[nH]1. The Balaban J connectivity index is 1.59. The van der Waals surface area contributed by atoms with Gasteiger partial charge in [-0.15, -0.1) is 11.3 Å². The number of benzene rings is 2. The molecule has 2 aromatic carbocycles. The molecule has 2 N–H and O–H groups in total. The highest BCUT2D eigenvalue weighted by atomic mass is 35.5. The first-order chi connectivity index (χ1) is 13.1. The van der Waals surface area contributed by atoms with Gasteiger partial charge in [0.2, 0.25) is 0 Å². The van der Waals surface area contributed by atoms with E-state index >= 15 is 0 Å². The molecule has 6 heteroatoms. The van der Waals surface area contributed by atoms with Gasteiger partial charge in [0.1, 0.15) is 17.8 Å². The van der Waals surface area contributed by atoms with Crippen LogP contribution < -0.4 is 10.5 Å². The zero-order chi connectivity index (χ0) is 18.8. The fourth-order valence-electron chi connectivity index (χ4n) is 3.12. The van der Waals surface area contributed by atoms with Crippen molar-refractivity contribution in [3.63, 3.8) is 0 Å². The number of H-pyrrole nitrogens is 1. The first-order valence-corrected chi connectivity index (χ1v) is 9.92. The van der Waals surface area contributed by atoms with Crippen molar-refractivity contribution in [2.24, 2.45) is 0 Å². The van der Waals surface area contributed by atoms with Crippen LogP contribution in [-0.2, 0) is 13.1 Å². The van der Waals surface area contributed by atoms with E-state index in [1.54, 1.807) is 0 Å². The van der Waals surface area contributed by atoms with Crippen LogP contribution in [0.4, 0.5) is 0 Å². The summed E-state index contributed by atoms with van der Waals surface area (Å²) in [6.07, 6.45) is 0. The van der Waals surface area contributed by atoms with Crippen molar-refractivity contribution in [2.45, 2.75) is 13.1 Å². The molecule has 0 fully saturated rings. The van der Waals surface area contributed by atoms with E-state index in [0.717, 1.165) is 22.5 Å². The first-order valence-electron chi connectivity index (χ1n) is 8.72. The second kappa shape index (κ2) is 7.64. The highest BCUT2D eigenvalue weighted by molar-refractivity contribution is 7.22. The summed E-state index contributed by atoms with van der Waals surface area (Å²) in [4.78, 5) is 22.4. The zero-order valence-electron chi connectivity index (χ0n) is 14.8. The van der Waals surface area contributed by atoms with Crippen molar-refractivity contribution in [2.75, 3.05) is 7.05 Å². The number of quaternary nitrogens is 1. The van der Waals surface area contributed by atoms with Gasteiger partial charge in [-0.25, -0.2) is 4.98 Å². The molecule has 4 rings (SSSR count). The third-order valence-electron chi connectivity index (χ3n) is 4.38. The predicted molar refractivity (Wildman–Crippen MR) is 111 cm³/mol. The van der Waals surface area contributed by atoms with Crippen LogP contribution in [0.1, 0.15) is 11.4 Å². The number of nitrogens with one attached hydrogen (secondary N) is 2. The molecule has 2 aromatic heterocycles. The van der Waals surface area contributed by atoms with Crippen LogP contribution >= 0.6 is 22.9 Å². The number of aromatic nitrogens is 2. The number of hydrogen-bond donors (Lipinski definition) is 2. The first kappa shape index (κ1) is 17.9. The fraction of sp³-hybridized carbons (Fsp3) is 0.143. The van der Waals surface area contributed by atoms with E-state index in [2.05, 4.69) is 29.1 Å². The monoisotopic (exact) mass is 396 g/mol. The predicted octanol–water partition coefficient (Wildman–Crippen LogP) is 3.52. The van der Waals surface area contributed by atoms with E-state index in [0.29, 0.717) is 22.1 Å². The topological polar surface area (TPSA) is 50.2 Å². The molecule has 0 bridgehead atoms. The van der Waals surface area contributed by atoms with Crippen molar-refractivity contribution in [1.29, 1.82) is 0 Å². The molecule has 0 saturated carbocycles. The Kier molecular flexibility index (Phi) is 5.07. The summed E-state index contributed by atoms with van der Waals surface area (Å²) < 4.78 is 0.657. The van der Waals surface area contributed by atoms with Crippen LogP contribution in [0.15, 0.2) is 65.5 Å². The summed E-state index contributed by atoms with van der Waals surface area (Å²) in [6, 6.07) is 19.9. The van der Waals surface area contributed by atoms with Crippen molar-refractivity contribution >= 4 is 33.2 Å². The Morgan fingerprint density at radius 2 is 1.81 bits per heavy atom. The Labute approximate surface area is 166 Å². The van der Waals surface area contributed by atoms with E-state index < -0.39 is 0 Å². The van der Waals surface area contributed by atoms with Crippen molar-refractivity contribution in [1.82, 2.24) is 9.97 Å². The van der Waals surface area contributed by atoms with Crippen LogP contribution in [0.3, 0.4) is 0 Å². The maximum absolute atomic E-state index is 12.5. The largest absolute Gasteiger partial charge is 0.327 e. The van der Waals surface area contributed by atoms with Gasteiger partial charge in [0.05, 0.1) is 12.6 Å². The number of hydrogen-bond acceptors (Lipinski definition) is 3. The van der Waals surface area contributed by atoms with E-state index in [-0.39, 0.29) is 5.56 Å². The molecule has 4 aromatic rings. The Morgan fingerprint density at radius 1 is 1.07 bits per heavy atom. The summed E-state index contributed by atoms with van der Waals surface area (Å²) in [5, 5.41) is 0.697. The second-order valence-electron chi connectivity index (χ2n) is 6.64. The summed E-state index contributed by atoms with van der Waals surface area (Å²) in [6.45, 7) is 1.54. The van der Waals surface area contributed by atoms with E-state index in [4.69, 9.17) is 11.6 Å². The van der Waals surface area contributed by atoms with Gasteiger partial charge in [-0.3, -0.25) is 4.79 Å². The summed E-state index contributed by atoms with van der Waals surface area (Å²) >= 11 is 7.42. The number of thiophene rings is 1. The summed E-state index contributed by atoms with van der Waals surface area (Å²) in [7, 11) is 2.10. The number of aromatic amines is 1. The maximum atomic E-state index is 12.5. The number of nitrogens with zero attached hydrogens (tertiary/aromatic N) is 1. The lowest BCUT2D eigenvalue weighted by atomic mass is 10.2. The summed E-state index contributed by atoms with van der Waals surface area (Å²) in [5.74, 6) is 0.710. The van der Waals surface area contributed by atoms with Gasteiger partial charge in [-0.2, -0.15) is 0 Å². The minimum Gasteiger partial charge on any atom is -0.327 e. The standard InChI is InChI=1S/C21H18ClN3OS/c1-25(12-14-5-3-2-4-6-14)13-19-23-17-11-18(27-20(17)21(26)24-19)15-7-9-16(22)10-8-15/h2-11H,12-13H2,1H3,(H,23,24,26)/p+1. The van der Waals surface area contributed by atoms with Crippen molar-refractivity contribution < 1.29 is 4.90 Å². The molecule has 0 amide bonds. The van der Waals surface area contributed by atoms with E-state index in [1.807, 2.05) is 48.5 Å². The summed E-state index contributed by atoms with van der Waals surface area (Å²) in [5.41, 5.74) is 2.97. The highest BCUT2D eigenvalue weighted by Crippen LogP contribution is 2.31. The van der Waals surface area contributed by atoms with Crippen LogP contribution in [-0.4, -0.2) is 17.0 Å². The molecule has 0 saturated heterocycles. The van der Waals surface area contributed by atoms with Gasteiger partial charge in [0, 0.05) is 15.5 Å². The molecular formula is C21H19ClN3OS+. The van der Waals surface area contributed by atoms with Crippen molar-refractivity contribution in [3.05, 3.63) is 87.4 Å². The van der Waals surface area contributed by atoms with Gasteiger partial charge in [0.15, 0.2) is 5.82 Å². The maximum Gasteiger partial charge on any atom is 0.269 e. The van der Waals surface area contributed by atoms with Gasteiger partial charge >= 0.3 is 0 Å². The minimum absolute atomic E-state index is 0.0762. The van der Waals surface area contributed by atoms with Crippen LogP contribution in [0.5, 0.6) is 0 Å². The Hall–Kier alpha value is -2.47. The molecule has 1 unspecified atom stereocenters. The molecule has 0 spiro atoms. The molecular weight excluding hydrogens is 378 g/mol. The van der Waals surface area contributed by atoms with Crippen molar-refractivity contribution in [3.8, 4) is 10.4 Å². The van der Waals surface area contributed by atoms with E-state index in [1.165, 1.54) is 21.8 Å². The number of halogens is 1. The number of rotatable bonds is 5. The smallest absolute Gasteiger partial charge is 0.269 e. The number of fused-ring (bicyclic) bond motifs is 1. The van der Waals surface area contributed by atoms with Gasteiger partial charge < -0.3 is 9.88 Å². The molecule has 136 valence electrons. The molecule has 0 aliphatic rings. The Morgan fingerprint density at radius 3 is 2.56 bits per heavy atom. The normalized spacial score (nSPS) is 12.4.